The molecule has 6 heteroatoms. The molecule has 0 saturated heterocycles. The normalized spacial score (nSPS) is 10.5. The first kappa shape index (κ1) is 18.9. The third-order valence-corrected chi connectivity index (χ3v) is 4.42. The number of ether oxygens (including phenoxy) is 2. The Balaban J connectivity index is 1.65. The van der Waals surface area contributed by atoms with E-state index in [0.717, 1.165) is 11.1 Å². The number of carbonyl (C=O) groups is 1. The Morgan fingerprint density at radius 1 is 1.11 bits per heavy atom. The van der Waals surface area contributed by atoms with Crippen molar-refractivity contribution in [3.05, 3.63) is 76.2 Å². The van der Waals surface area contributed by atoms with Crippen LogP contribution in [0, 0.1) is 13.8 Å². The van der Waals surface area contributed by atoms with Crippen LogP contribution in [0.25, 0.3) is 0 Å². The van der Waals surface area contributed by atoms with Crippen molar-refractivity contribution in [2.75, 3.05) is 12.4 Å². The lowest BCUT2D eigenvalue weighted by molar-refractivity contribution is 0.0992. The Kier molecular flexibility index (Phi) is 5.72. The van der Waals surface area contributed by atoms with Crippen LogP contribution in [0.3, 0.4) is 0 Å². The molecule has 0 radical (unpaired) electrons. The second kappa shape index (κ2) is 8.18. The number of methoxy groups -OCH3 is 1. The van der Waals surface area contributed by atoms with Gasteiger partial charge in [-0.25, -0.2) is 0 Å². The number of carbonyl (C=O) groups excluding carboxylic acids is 1. The lowest BCUT2D eigenvalue weighted by Gasteiger charge is -2.10. The maximum absolute atomic E-state index is 12.4. The molecule has 1 aromatic heterocycles. The standard InChI is InChI=1S/C21H20ClNO4/c1-13-4-8-19(25-3)18(10-13)23-21(24)20-9-6-16(27-20)12-26-15-5-7-17(22)14(2)11-15/h4-11H,12H2,1-3H3,(H,23,24). The van der Waals surface area contributed by atoms with Crippen molar-refractivity contribution in [2.45, 2.75) is 20.5 Å². The van der Waals surface area contributed by atoms with E-state index in [1.807, 2.05) is 32.0 Å². The summed E-state index contributed by atoms with van der Waals surface area (Å²) in [5.41, 5.74) is 2.53. The SMILES string of the molecule is COc1ccc(C)cc1NC(=O)c1ccc(COc2ccc(Cl)c(C)c2)o1. The first-order valence-corrected chi connectivity index (χ1v) is 8.77. The minimum absolute atomic E-state index is 0.199. The maximum atomic E-state index is 12.4. The van der Waals surface area contributed by atoms with Gasteiger partial charge in [0.25, 0.3) is 5.91 Å². The van der Waals surface area contributed by atoms with E-state index in [4.69, 9.17) is 25.5 Å². The van der Waals surface area contributed by atoms with Gasteiger partial charge < -0.3 is 19.2 Å². The van der Waals surface area contributed by atoms with Crippen molar-refractivity contribution >= 4 is 23.2 Å². The predicted molar refractivity (Wildman–Crippen MR) is 105 cm³/mol. The van der Waals surface area contributed by atoms with E-state index in [-0.39, 0.29) is 18.3 Å². The highest BCUT2D eigenvalue weighted by Crippen LogP contribution is 2.26. The maximum Gasteiger partial charge on any atom is 0.291 e. The van der Waals surface area contributed by atoms with E-state index >= 15 is 0 Å². The molecule has 5 nitrogen and oxygen atoms in total. The van der Waals surface area contributed by atoms with Crippen molar-refractivity contribution in [2.24, 2.45) is 0 Å². The van der Waals surface area contributed by atoms with Crippen molar-refractivity contribution < 1.29 is 18.7 Å². The first-order chi connectivity index (χ1) is 13.0. The largest absolute Gasteiger partial charge is 0.495 e. The average Bonchev–Trinajstić information content (AvgIpc) is 3.12. The average molecular weight is 386 g/mol. The van der Waals surface area contributed by atoms with Crippen LogP contribution in [-0.2, 0) is 6.61 Å². The molecule has 0 aliphatic heterocycles. The Morgan fingerprint density at radius 3 is 2.67 bits per heavy atom. The molecule has 0 saturated carbocycles. The molecule has 0 aliphatic carbocycles. The summed E-state index contributed by atoms with van der Waals surface area (Å²) in [4.78, 5) is 12.4. The monoisotopic (exact) mass is 385 g/mol. The fourth-order valence-corrected chi connectivity index (χ4v) is 2.66. The second-order valence-corrected chi connectivity index (χ2v) is 6.53. The Hall–Kier alpha value is -2.92. The topological polar surface area (TPSA) is 60.7 Å². The molecule has 1 N–H and O–H groups in total. The minimum Gasteiger partial charge on any atom is -0.495 e. The van der Waals surface area contributed by atoms with Crippen molar-refractivity contribution in [1.29, 1.82) is 0 Å². The van der Waals surface area contributed by atoms with Gasteiger partial charge in [-0.05, 0) is 67.4 Å². The van der Waals surface area contributed by atoms with Crippen LogP contribution in [0.1, 0.15) is 27.4 Å². The van der Waals surface area contributed by atoms with E-state index in [1.165, 1.54) is 0 Å². The molecular weight excluding hydrogens is 366 g/mol. The van der Waals surface area contributed by atoms with Gasteiger partial charge in [-0.1, -0.05) is 17.7 Å². The number of nitrogens with one attached hydrogen (secondary N) is 1. The molecule has 0 aliphatic rings. The predicted octanol–water partition coefficient (Wildman–Crippen LogP) is 5.39. The molecule has 0 fully saturated rings. The minimum atomic E-state index is -0.354. The van der Waals surface area contributed by atoms with Gasteiger partial charge in [0.05, 0.1) is 12.8 Å². The van der Waals surface area contributed by atoms with Crippen molar-refractivity contribution in [3.63, 3.8) is 0 Å². The number of aryl methyl sites for hydroxylation is 2. The molecule has 3 aromatic rings. The number of benzene rings is 2. The summed E-state index contributed by atoms with van der Waals surface area (Å²) >= 11 is 6.01. The first-order valence-electron chi connectivity index (χ1n) is 8.40. The van der Waals surface area contributed by atoms with Crippen LogP contribution in [0.4, 0.5) is 5.69 Å². The molecule has 1 heterocycles. The Labute approximate surface area is 162 Å². The highest BCUT2D eigenvalue weighted by molar-refractivity contribution is 6.31. The molecule has 0 bridgehead atoms. The summed E-state index contributed by atoms with van der Waals surface area (Å²) in [7, 11) is 1.56. The van der Waals surface area contributed by atoms with E-state index in [0.29, 0.717) is 28.0 Å². The highest BCUT2D eigenvalue weighted by atomic mass is 35.5. The van der Waals surface area contributed by atoms with Crippen LogP contribution >= 0.6 is 11.6 Å². The van der Waals surface area contributed by atoms with E-state index in [1.54, 1.807) is 37.4 Å². The van der Waals surface area contributed by atoms with Crippen LogP contribution in [0.5, 0.6) is 11.5 Å². The number of halogens is 1. The molecule has 27 heavy (non-hydrogen) atoms. The van der Waals surface area contributed by atoms with E-state index < -0.39 is 0 Å². The van der Waals surface area contributed by atoms with Crippen molar-refractivity contribution in [1.82, 2.24) is 0 Å². The lowest BCUT2D eigenvalue weighted by Crippen LogP contribution is -2.12. The highest BCUT2D eigenvalue weighted by Gasteiger charge is 2.14. The number of hydrogen-bond donors (Lipinski definition) is 1. The summed E-state index contributed by atoms with van der Waals surface area (Å²) in [6.45, 7) is 4.06. The number of anilines is 1. The molecule has 1 amide bonds. The van der Waals surface area contributed by atoms with E-state index in [9.17, 15) is 4.79 Å². The lowest BCUT2D eigenvalue weighted by atomic mass is 10.2. The smallest absolute Gasteiger partial charge is 0.291 e. The van der Waals surface area contributed by atoms with Gasteiger partial charge >= 0.3 is 0 Å². The summed E-state index contributed by atoms with van der Waals surface area (Å²) < 4.78 is 16.6. The summed E-state index contributed by atoms with van der Waals surface area (Å²) in [5, 5.41) is 3.49. The van der Waals surface area contributed by atoms with Crippen LogP contribution in [-0.4, -0.2) is 13.0 Å². The summed E-state index contributed by atoms with van der Waals surface area (Å²) in [5.74, 6) is 1.66. The zero-order valence-corrected chi connectivity index (χ0v) is 16.1. The fraction of sp³-hybridized carbons (Fsp3) is 0.190. The molecule has 140 valence electrons. The number of amides is 1. The van der Waals surface area contributed by atoms with Crippen LogP contribution in [0.2, 0.25) is 5.02 Å². The quantitative estimate of drug-likeness (QED) is 0.618. The van der Waals surface area contributed by atoms with Gasteiger partial charge in [-0.15, -0.1) is 0 Å². The second-order valence-electron chi connectivity index (χ2n) is 6.12. The summed E-state index contributed by atoms with van der Waals surface area (Å²) in [6, 6.07) is 14.3. The fourth-order valence-electron chi connectivity index (χ4n) is 2.54. The molecule has 0 spiro atoms. The van der Waals surface area contributed by atoms with E-state index in [2.05, 4.69) is 5.32 Å². The molecule has 2 aromatic carbocycles. The number of furan rings is 1. The van der Waals surface area contributed by atoms with Crippen LogP contribution < -0.4 is 14.8 Å². The van der Waals surface area contributed by atoms with Gasteiger partial charge in [-0.2, -0.15) is 0 Å². The Bertz CT molecular complexity index is 965. The van der Waals surface area contributed by atoms with Gasteiger partial charge in [0.1, 0.15) is 23.9 Å². The third kappa shape index (κ3) is 4.63. The number of rotatable bonds is 6. The number of hydrogen-bond acceptors (Lipinski definition) is 4. The Morgan fingerprint density at radius 2 is 1.93 bits per heavy atom. The molecule has 0 unspecified atom stereocenters. The molecule has 3 rings (SSSR count). The zero-order valence-electron chi connectivity index (χ0n) is 15.3. The molecule has 0 atom stereocenters. The van der Waals surface area contributed by atoms with Crippen molar-refractivity contribution in [3.8, 4) is 11.5 Å². The third-order valence-electron chi connectivity index (χ3n) is 4.00. The van der Waals surface area contributed by atoms with Gasteiger partial charge in [0, 0.05) is 5.02 Å². The van der Waals surface area contributed by atoms with Gasteiger partial charge in [0.15, 0.2) is 5.76 Å². The van der Waals surface area contributed by atoms with Gasteiger partial charge in [0.2, 0.25) is 0 Å². The summed E-state index contributed by atoms with van der Waals surface area (Å²) in [6.07, 6.45) is 0. The van der Waals surface area contributed by atoms with Gasteiger partial charge in [-0.3, -0.25) is 4.79 Å². The molecular formula is C21H20ClNO4. The van der Waals surface area contributed by atoms with Crippen LogP contribution in [0.15, 0.2) is 52.9 Å². The zero-order chi connectivity index (χ0) is 19.4.